The summed E-state index contributed by atoms with van der Waals surface area (Å²) in [7, 11) is 1.75. The van der Waals surface area contributed by atoms with E-state index < -0.39 is 0 Å². The van der Waals surface area contributed by atoms with Crippen LogP contribution in [0.25, 0.3) is 0 Å². The fraction of sp³-hybridized carbons (Fsp3) is 0.529. The van der Waals surface area contributed by atoms with Crippen LogP contribution in [-0.4, -0.2) is 72.0 Å². The first-order valence-corrected chi connectivity index (χ1v) is 8.88. The zero-order valence-corrected chi connectivity index (χ0v) is 14.9. The normalized spacial score (nSPS) is 18.3. The Morgan fingerprint density at radius 2 is 1.50 bits per heavy atom. The second-order valence-corrected chi connectivity index (χ2v) is 6.47. The van der Waals surface area contributed by atoms with Crippen molar-refractivity contribution < 1.29 is 4.74 Å². The van der Waals surface area contributed by atoms with Gasteiger partial charge in [0, 0.05) is 64.8 Å². The number of hydrogen-bond acceptors (Lipinski definition) is 8. The van der Waals surface area contributed by atoms with Gasteiger partial charge in [-0.05, 0) is 0 Å². The Balaban J connectivity index is 1.45. The van der Waals surface area contributed by atoms with Gasteiger partial charge < -0.3 is 24.0 Å². The number of piperazine rings is 1. The van der Waals surface area contributed by atoms with Gasteiger partial charge in [0.15, 0.2) is 5.82 Å². The molecule has 9 heteroatoms. The van der Waals surface area contributed by atoms with Crippen molar-refractivity contribution >= 4 is 17.5 Å². The number of morpholine rings is 1. The van der Waals surface area contributed by atoms with Gasteiger partial charge in [0.2, 0.25) is 0 Å². The van der Waals surface area contributed by atoms with Crippen molar-refractivity contribution in [3.63, 3.8) is 0 Å². The van der Waals surface area contributed by atoms with E-state index in [-0.39, 0.29) is 5.56 Å². The van der Waals surface area contributed by atoms with E-state index in [1.165, 1.54) is 0 Å². The van der Waals surface area contributed by atoms with Crippen molar-refractivity contribution in [2.24, 2.45) is 7.05 Å². The third-order valence-corrected chi connectivity index (χ3v) is 4.88. The lowest BCUT2D eigenvalue weighted by atomic mass is 10.3. The number of hydrogen-bond donors (Lipinski definition) is 0. The molecule has 2 fully saturated rings. The zero-order chi connectivity index (χ0) is 17.9. The maximum atomic E-state index is 12.2. The highest BCUT2D eigenvalue weighted by atomic mass is 16.5. The molecule has 0 amide bonds. The van der Waals surface area contributed by atoms with Crippen molar-refractivity contribution in [3.05, 3.63) is 35.1 Å². The Bertz CT molecular complexity index is 811. The van der Waals surface area contributed by atoms with Gasteiger partial charge in [-0.25, -0.2) is 15.0 Å². The molecule has 138 valence electrons. The van der Waals surface area contributed by atoms with Crippen LogP contribution in [0.2, 0.25) is 0 Å². The molecule has 4 heterocycles. The van der Waals surface area contributed by atoms with Gasteiger partial charge in [-0.3, -0.25) is 4.79 Å². The lowest BCUT2D eigenvalue weighted by molar-refractivity contribution is 0.122. The first-order valence-electron chi connectivity index (χ1n) is 8.88. The smallest absolute Gasteiger partial charge is 0.293 e. The van der Waals surface area contributed by atoms with Gasteiger partial charge in [-0.15, -0.1) is 0 Å². The van der Waals surface area contributed by atoms with Crippen molar-refractivity contribution in [1.29, 1.82) is 0 Å². The van der Waals surface area contributed by atoms with E-state index in [4.69, 9.17) is 4.74 Å². The molecule has 0 N–H and O–H groups in total. The zero-order valence-electron chi connectivity index (χ0n) is 14.9. The van der Waals surface area contributed by atoms with Crippen LogP contribution >= 0.6 is 0 Å². The van der Waals surface area contributed by atoms with Crippen LogP contribution in [0.1, 0.15) is 0 Å². The van der Waals surface area contributed by atoms with Gasteiger partial charge in [-0.2, -0.15) is 0 Å². The summed E-state index contributed by atoms with van der Waals surface area (Å²) in [4.78, 5) is 31.9. The van der Waals surface area contributed by atoms with Crippen LogP contribution in [0.3, 0.4) is 0 Å². The van der Waals surface area contributed by atoms with Gasteiger partial charge >= 0.3 is 0 Å². The predicted molar refractivity (Wildman–Crippen MR) is 99.0 cm³/mol. The molecule has 2 aromatic rings. The summed E-state index contributed by atoms with van der Waals surface area (Å²) in [6.07, 6.45) is 4.97. The summed E-state index contributed by atoms with van der Waals surface area (Å²) in [6.45, 7) is 6.24. The Hall–Kier alpha value is -2.68. The first-order chi connectivity index (χ1) is 12.7. The molecule has 0 unspecified atom stereocenters. The fourth-order valence-corrected chi connectivity index (χ4v) is 3.32. The Morgan fingerprint density at radius 3 is 2.19 bits per heavy atom. The monoisotopic (exact) mass is 357 g/mol. The van der Waals surface area contributed by atoms with E-state index in [1.807, 2.05) is 11.0 Å². The number of rotatable bonds is 3. The summed E-state index contributed by atoms with van der Waals surface area (Å²) < 4.78 is 6.97. The summed E-state index contributed by atoms with van der Waals surface area (Å²) in [5.41, 5.74) is -0.0578. The van der Waals surface area contributed by atoms with Crippen LogP contribution in [0.4, 0.5) is 17.5 Å². The molecule has 0 atom stereocenters. The van der Waals surface area contributed by atoms with Gasteiger partial charge in [0.25, 0.3) is 5.56 Å². The highest BCUT2D eigenvalue weighted by Crippen LogP contribution is 2.20. The van der Waals surface area contributed by atoms with E-state index in [9.17, 15) is 4.79 Å². The Morgan fingerprint density at radius 1 is 0.885 bits per heavy atom. The first kappa shape index (κ1) is 16.8. The van der Waals surface area contributed by atoms with Crippen molar-refractivity contribution in [2.45, 2.75) is 0 Å². The maximum Gasteiger partial charge on any atom is 0.293 e. The van der Waals surface area contributed by atoms with Crippen LogP contribution in [0, 0.1) is 0 Å². The third kappa shape index (κ3) is 3.34. The summed E-state index contributed by atoms with van der Waals surface area (Å²) >= 11 is 0. The predicted octanol–water partition coefficient (Wildman–Crippen LogP) is -0.266. The fourth-order valence-electron chi connectivity index (χ4n) is 3.32. The molecule has 0 bridgehead atoms. The molecular weight excluding hydrogens is 334 g/mol. The average Bonchev–Trinajstić information content (AvgIpc) is 2.71. The molecule has 0 saturated carbocycles. The van der Waals surface area contributed by atoms with E-state index in [2.05, 4.69) is 24.8 Å². The van der Waals surface area contributed by atoms with E-state index >= 15 is 0 Å². The van der Waals surface area contributed by atoms with Crippen LogP contribution in [0.5, 0.6) is 0 Å². The van der Waals surface area contributed by atoms with Crippen molar-refractivity contribution in [2.75, 3.05) is 67.2 Å². The number of ether oxygens (including phenoxy) is 1. The topological polar surface area (TPSA) is 79.6 Å². The SMILES string of the molecule is Cn1ccnc(N2CCN(c3cc(N4CCOCC4)ncn3)CC2)c1=O. The molecule has 2 aliphatic heterocycles. The van der Waals surface area contributed by atoms with Crippen LogP contribution < -0.4 is 20.3 Å². The molecule has 9 nitrogen and oxygen atoms in total. The molecule has 0 spiro atoms. The molecule has 0 radical (unpaired) electrons. The van der Waals surface area contributed by atoms with Crippen molar-refractivity contribution in [3.8, 4) is 0 Å². The standard InChI is InChI=1S/C17H23N7O2/c1-21-3-2-18-16(17(21)25)24-6-4-22(5-7-24)14-12-15(20-13-19-14)23-8-10-26-11-9-23/h2-3,12-13H,4-11H2,1H3. The van der Waals surface area contributed by atoms with Crippen LogP contribution in [0.15, 0.2) is 29.6 Å². The largest absolute Gasteiger partial charge is 0.378 e. The molecule has 0 aliphatic carbocycles. The Kier molecular flexibility index (Phi) is 4.70. The molecule has 2 aromatic heterocycles. The van der Waals surface area contributed by atoms with Crippen LogP contribution in [-0.2, 0) is 11.8 Å². The molecule has 26 heavy (non-hydrogen) atoms. The highest BCUT2D eigenvalue weighted by Gasteiger charge is 2.22. The highest BCUT2D eigenvalue weighted by molar-refractivity contribution is 5.51. The average molecular weight is 357 g/mol. The van der Waals surface area contributed by atoms with Gasteiger partial charge in [0.1, 0.15) is 18.0 Å². The minimum Gasteiger partial charge on any atom is -0.378 e. The lowest BCUT2D eigenvalue weighted by Gasteiger charge is -2.36. The van der Waals surface area contributed by atoms with E-state index in [0.717, 1.165) is 64.1 Å². The minimum atomic E-state index is -0.0578. The maximum absolute atomic E-state index is 12.2. The van der Waals surface area contributed by atoms with E-state index in [1.54, 1.807) is 30.3 Å². The lowest BCUT2D eigenvalue weighted by Crippen LogP contribution is -2.49. The Labute approximate surface area is 151 Å². The number of nitrogens with zero attached hydrogens (tertiary/aromatic N) is 7. The summed E-state index contributed by atoms with van der Waals surface area (Å²) in [6, 6.07) is 2.04. The summed E-state index contributed by atoms with van der Waals surface area (Å²) in [5.74, 6) is 2.39. The number of aromatic nitrogens is 4. The van der Waals surface area contributed by atoms with E-state index in [0.29, 0.717) is 5.82 Å². The molecule has 2 saturated heterocycles. The van der Waals surface area contributed by atoms with Gasteiger partial charge in [-0.1, -0.05) is 0 Å². The third-order valence-electron chi connectivity index (χ3n) is 4.88. The number of anilines is 3. The summed E-state index contributed by atoms with van der Waals surface area (Å²) in [5, 5.41) is 0. The van der Waals surface area contributed by atoms with Gasteiger partial charge in [0.05, 0.1) is 13.2 Å². The number of aryl methyl sites for hydroxylation is 1. The molecular formula is C17H23N7O2. The second-order valence-electron chi connectivity index (χ2n) is 6.47. The molecule has 0 aromatic carbocycles. The quantitative estimate of drug-likeness (QED) is 0.743. The molecule has 2 aliphatic rings. The van der Waals surface area contributed by atoms with Crippen molar-refractivity contribution in [1.82, 2.24) is 19.5 Å². The second kappa shape index (κ2) is 7.28. The molecule has 4 rings (SSSR count). The minimum absolute atomic E-state index is 0.0578.